The van der Waals surface area contributed by atoms with Crippen molar-refractivity contribution in [3.8, 4) is 23.0 Å². The molecule has 0 saturated heterocycles. The van der Waals surface area contributed by atoms with Crippen LogP contribution in [0.4, 0.5) is 0 Å². The molecule has 0 bridgehead atoms. The lowest BCUT2D eigenvalue weighted by Crippen LogP contribution is -2.06. The van der Waals surface area contributed by atoms with Crippen molar-refractivity contribution in [3.63, 3.8) is 0 Å². The molecule has 0 aliphatic carbocycles. The van der Waals surface area contributed by atoms with E-state index in [1.54, 1.807) is 13.2 Å². The fourth-order valence-corrected chi connectivity index (χ4v) is 2.19. The van der Waals surface area contributed by atoms with Gasteiger partial charge in [0.2, 0.25) is 5.75 Å². The molecule has 1 heterocycles. The summed E-state index contributed by atoms with van der Waals surface area (Å²) in [7, 11) is 1.63. The molecule has 20 heavy (non-hydrogen) atoms. The molecule has 2 aromatic rings. The van der Waals surface area contributed by atoms with Gasteiger partial charge in [0, 0.05) is 5.56 Å². The van der Waals surface area contributed by atoms with Crippen molar-refractivity contribution in [3.05, 3.63) is 47.5 Å². The van der Waals surface area contributed by atoms with E-state index in [1.165, 1.54) is 6.07 Å². The molecule has 1 aliphatic rings. The Morgan fingerprint density at radius 1 is 1.05 bits per heavy atom. The van der Waals surface area contributed by atoms with E-state index >= 15 is 0 Å². The van der Waals surface area contributed by atoms with Gasteiger partial charge in [-0.3, -0.25) is 0 Å². The molecule has 0 fully saturated rings. The third kappa shape index (κ3) is 2.05. The lowest BCUT2D eigenvalue weighted by atomic mass is 10.0. The van der Waals surface area contributed by atoms with Gasteiger partial charge in [-0.1, -0.05) is 12.1 Å². The van der Waals surface area contributed by atoms with Crippen molar-refractivity contribution in [2.75, 3.05) is 13.7 Å². The molecule has 0 spiro atoms. The first-order valence-corrected chi connectivity index (χ1v) is 6.22. The van der Waals surface area contributed by atoms with Crippen LogP contribution in [0.2, 0.25) is 0 Å². The van der Waals surface area contributed by atoms with Gasteiger partial charge >= 0.3 is 0 Å². The van der Waals surface area contributed by atoms with Gasteiger partial charge in [0.05, 0.1) is 7.11 Å². The van der Waals surface area contributed by atoms with Crippen LogP contribution >= 0.6 is 0 Å². The van der Waals surface area contributed by atoms with Crippen molar-refractivity contribution < 1.29 is 19.7 Å². The monoisotopic (exact) mass is 270 g/mol. The largest absolute Gasteiger partial charge is 0.504 e. The van der Waals surface area contributed by atoms with Gasteiger partial charge in [0.25, 0.3) is 0 Å². The van der Waals surface area contributed by atoms with Crippen LogP contribution < -0.4 is 9.47 Å². The maximum Gasteiger partial charge on any atom is 0.201 e. The highest BCUT2D eigenvalue weighted by atomic mass is 16.5. The lowest BCUT2D eigenvalue weighted by Gasteiger charge is -2.19. The van der Waals surface area contributed by atoms with Crippen LogP contribution in [0.5, 0.6) is 23.0 Å². The number of ether oxygens (including phenoxy) is 2. The number of hydrogen-bond acceptors (Lipinski definition) is 4. The van der Waals surface area contributed by atoms with Crippen molar-refractivity contribution in [1.29, 1.82) is 0 Å². The van der Waals surface area contributed by atoms with E-state index in [2.05, 4.69) is 0 Å². The minimum Gasteiger partial charge on any atom is -0.504 e. The molecule has 4 nitrogen and oxygen atoms in total. The number of phenolic OH excluding ortho intramolecular Hbond substituents is 2. The first kappa shape index (κ1) is 12.4. The number of methoxy groups -OCH3 is 1. The van der Waals surface area contributed by atoms with Gasteiger partial charge in [-0.2, -0.15) is 0 Å². The average molecular weight is 270 g/mol. The van der Waals surface area contributed by atoms with Crippen molar-refractivity contribution in [1.82, 2.24) is 0 Å². The summed E-state index contributed by atoms with van der Waals surface area (Å²) in [6.07, 6.45) is 1.94. The van der Waals surface area contributed by atoms with E-state index in [9.17, 15) is 10.2 Å². The van der Waals surface area contributed by atoms with Gasteiger partial charge < -0.3 is 19.7 Å². The molecule has 2 N–H and O–H groups in total. The van der Waals surface area contributed by atoms with Gasteiger partial charge in [0.15, 0.2) is 11.5 Å². The van der Waals surface area contributed by atoms with Gasteiger partial charge in [-0.05, 0) is 41.5 Å². The Labute approximate surface area is 116 Å². The summed E-state index contributed by atoms with van der Waals surface area (Å²) in [5.41, 5.74) is 2.78. The SMILES string of the molecule is COc1ccc(C2=Cc3ccc(O)c(O)c3OC2)cc1. The Morgan fingerprint density at radius 2 is 1.80 bits per heavy atom. The minimum atomic E-state index is -0.215. The standard InChI is InChI=1S/C16H14O4/c1-19-13-5-2-10(3-6-13)12-8-11-4-7-14(17)15(18)16(11)20-9-12/h2-8,17-18H,9H2,1H3. The smallest absolute Gasteiger partial charge is 0.201 e. The van der Waals surface area contributed by atoms with Crippen LogP contribution in [0, 0.1) is 0 Å². The summed E-state index contributed by atoms with van der Waals surface area (Å²) in [6.45, 7) is 0.344. The number of aromatic hydroxyl groups is 2. The molecule has 0 unspecified atom stereocenters. The molecular formula is C16H14O4. The molecule has 102 valence electrons. The van der Waals surface area contributed by atoms with Crippen LogP contribution in [-0.4, -0.2) is 23.9 Å². The third-order valence-corrected chi connectivity index (χ3v) is 3.30. The van der Waals surface area contributed by atoms with Gasteiger partial charge in [0.1, 0.15) is 12.4 Å². The number of benzene rings is 2. The molecule has 0 radical (unpaired) electrons. The zero-order chi connectivity index (χ0) is 14.1. The summed E-state index contributed by atoms with van der Waals surface area (Å²) >= 11 is 0. The van der Waals surface area contributed by atoms with E-state index in [0.717, 1.165) is 22.4 Å². The van der Waals surface area contributed by atoms with Crippen LogP contribution in [-0.2, 0) is 0 Å². The minimum absolute atomic E-state index is 0.176. The van der Waals surface area contributed by atoms with Crippen molar-refractivity contribution in [2.45, 2.75) is 0 Å². The average Bonchev–Trinajstić information content (AvgIpc) is 2.51. The maximum absolute atomic E-state index is 9.75. The quantitative estimate of drug-likeness (QED) is 0.823. The molecule has 2 aromatic carbocycles. The predicted molar refractivity (Wildman–Crippen MR) is 76.1 cm³/mol. The number of hydrogen-bond donors (Lipinski definition) is 2. The van der Waals surface area contributed by atoms with Gasteiger partial charge in [-0.25, -0.2) is 0 Å². The number of fused-ring (bicyclic) bond motifs is 1. The highest BCUT2D eigenvalue weighted by Gasteiger charge is 2.18. The first-order chi connectivity index (χ1) is 9.69. The normalized spacial score (nSPS) is 13.2. The second-order valence-corrected chi connectivity index (χ2v) is 4.54. The first-order valence-electron chi connectivity index (χ1n) is 6.22. The Hall–Kier alpha value is -2.62. The summed E-state index contributed by atoms with van der Waals surface area (Å²) < 4.78 is 10.7. The zero-order valence-electron chi connectivity index (χ0n) is 11.0. The highest BCUT2D eigenvalue weighted by Crippen LogP contribution is 2.42. The van der Waals surface area contributed by atoms with E-state index in [0.29, 0.717) is 12.4 Å². The van der Waals surface area contributed by atoms with Crippen molar-refractivity contribution in [2.24, 2.45) is 0 Å². The summed E-state index contributed by atoms with van der Waals surface area (Å²) in [5, 5.41) is 19.2. The molecule has 0 aromatic heterocycles. The predicted octanol–water partition coefficient (Wildman–Crippen LogP) is 3.04. The number of rotatable bonds is 2. The number of phenols is 2. The van der Waals surface area contributed by atoms with E-state index < -0.39 is 0 Å². The van der Waals surface area contributed by atoms with E-state index in [1.807, 2.05) is 30.3 Å². The molecule has 1 aliphatic heterocycles. The second-order valence-electron chi connectivity index (χ2n) is 4.54. The van der Waals surface area contributed by atoms with Crippen LogP contribution in [0.15, 0.2) is 36.4 Å². The fourth-order valence-electron chi connectivity index (χ4n) is 2.19. The second kappa shape index (κ2) is 4.81. The molecule has 0 saturated carbocycles. The Balaban J connectivity index is 1.99. The summed E-state index contributed by atoms with van der Waals surface area (Å²) in [6, 6.07) is 10.9. The van der Waals surface area contributed by atoms with E-state index in [-0.39, 0.29) is 11.5 Å². The topological polar surface area (TPSA) is 58.9 Å². The lowest BCUT2D eigenvalue weighted by molar-refractivity contribution is 0.325. The Kier molecular flexibility index (Phi) is 2.99. The van der Waals surface area contributed by atoms with Crippen LogP contribution in [0.1, 0.15) is 11.1 Å². The summed E-state index contributed by atoms with van der Waals surface area (Å²) in [5.74, 6) is 0.730. The third-order valence-electron chi connectivity index (χ3n) is 3.30. The Morgan fingerprint density at radius 3 is 2.50 bits per heavy atom. The molecular weight excluding hydrogens is 256 g/mol. The Bertz CT molecular complexity index is 672. The molecule has 4 heteroatoms. The summed E-state index contributed by atoms with van der Waals surface area (Å²) in [4.78, 5) is 0. The zero-order valence-corrected chi connectivity index (χ0v) is 11.0. The van der Waals surface area contributed by atoms with Crippen molar-refractivity contribution >= 4 is 11.6 Å². The van der Waals surface area contributed by atoms with Crippen LogP contribution in [0.3, 0.4) is 0 Å². The van der Waals surface area contributed by atoms with E-state index in [4.69, 9.17) is 9.47 Å². The molecule has 0 amide bonds. The van der Waals surface area contributed by atoms with Gasteiger partial charge in [-0.15, -0.1) is 0 Å². The fraction of sp³-hybridized carbons (Fsp3) is 0.125. The molecule has 0 atom stereocenters. The molecule has 3 rings (SSSR count). The highest BCUT2D eigenvalue weighted by molar-refractivity contribution is 5.87. The maximum atomic E-state index is 9.75. The van der Waals surface area contributed by atoms with Crippen LogP contribution in [0.25, 0.3) is 11.6 Å².